The first kappa shape index (κ1) is 29.7. The van der Waals surface area contributed by atoms with Gasteiger partial charge in [0.15, 0.2) is 0 Å². The van der Waals surface area contributed by atoms with E-state index in [0.29, 0.717) is 17.2 Å². The van der Waals surface area contributed by atoms with Gasteiger partial charge in [-0.1, -0.05) is 93.1 Å². The number of hydrogen-bond donors (Lipinski definition) is 0. The highest BCUT2D eigenvalue weighted by molar-refractivity contribution is 7.01. The summed E-state index contributed by atoms with van der Waals surface area (Å²) < 4.78 is 58.0. The summed E-state index contributed by atoms with van der Waals surface area (Å²) in [6, 6.07) is 49.4. The first-order valence-corrected chi connectivity index (χ1v) is 20.0. The largest absolute Gasteiger partial charge is 0.440 e. The lowest BCUT2D eigenvalue weighted by atomic mass is 9.33. The van der Waals surface area contributed by atoms with Crippen LogP contribution in [0.5, 0.6) is 0 Å². The molecule has 0 N–H and O–H groups in total. The Kier molecular flexibility index (Phi) is 6.82. The fraction of sp³-hybridized carbons (Fsp3) is 0.170. The van der Waals surface area contributed by atoms with Gasteiger partial charge < -0.3 is 14.2 Å². The van der Waals surface area contributed by atoms with Crippen LogP contribution in [-0.4, -0.2) is 6.71 Å². The van der Waals surface area contributed by atoms with Crippen LogP contribution >= 0.6 is 0 Å². The lowest BCUT2D eigenvalue weighted by molar-refractivity contribution is 0.591. The Hall–Kier alpha value is -6.46. The molecule has 5 heteroatoms. The van der Waals surface area contributed by atoms with Crippen molar-refractivity contribution in [2.24, 2.45) is 0 Å². The number of benzene rings is 7. The molecule has 4 nitrogen and oxygen atoms in total. The van der Waals surface area contributed by atoms with Crippen LogP contribution in [0.15, 0.2) is 150 Å². The normalized spacial score (nSPS) is 15.0. The van der Waals surface area contributed by atoms with Gasteiger partial charge in [0.25, 0.3) is 6.71 Å². The van der Waals surface area contributed by atoms with Crippen molar-refractivity contribution in [2.75, 3.05) is 14.7 Å². The summed E-state index contributed by atoms with van der Waals surface area (Å²) >= 11 is 0. The van der Waals surface area contributed by atoms with Crippen LogP contribution in [0.1, 0.15) is 62.4 Å². The van der Waals surface area contributed by atoms with Crippen molar-refractivity contribution >= 4 is 85.5 Å². The molecule has 1 aromatic heterocycles. The van der Waals surface area contributed by atoms with Crippen molar-refractivity contribution in [1.82, 2.24) is 0 Å². The highest BCUT2D eigenvalue weighted by Gasteiger charge is 2.47. The van der Waals surface area contributed by atoms with Gasteiger partial charge >= 0.3 is 0 Å². The van der Waals surface area contributed by atoms with Crippen molar-refractivity contribution in [3.8, 4) is 0 Å². The maximum Gasteiger partial charge on any atom is 0.257 e. The molecule has 2 aliphatic heterocycles. The molecule has 0 amide bonds. The Bertz CT molecular complexity index is 3090. The summed E-state index contributed by atoms with van der Waals surface area (Å²) in [7, 11) is 0. The van der Waals surface area contributed by atoms with Crippen LogP contribution in [-0.2, 0) is 5.41 Å². The minimum absolute atomic E-state index is 0.159. The van der Waals surface area contributed by atoms with Gasteiger partial charge in [-0.3, -0.25) is 4.90 Å². The molecule has 0 fully saturated rings. The average molecular weight is 760 g/mol. The molecular formula is C53H48BN3O. The van der Waals surface area contributed by atoms with E-state index in [1.165, 1.54) is 28.8 Å². The Morgan fingerprint density at radius 2 is 1.19 bits per heavy atom. The third kappa shape index (κ3) is 5.67. The smallest absolute Gasteiger partial charge is 0.257 e. The number of para-hydroxylation sites is 2. The van der Waals surface area contributed by atoms with Crippen LogP contribution < -0.4 is 31.1 Å². The van der Waals surface area contributed by atoms with Gasteiger partial charge in [0.05, 0.1) is 5.69 Å². The maximum atomic E-state index is 8.63. The van der Waals surface area contributed by atoms with E-state index in [4.69, 9.17) is 12.6 Å². The SMILES string of the molecule is [2H]C([2H])([2H])c1ccc(N2c3cc(N(c4ccccc4)c4ccccc4)cc4c3B(c3cc(C(C)(C)C)ccc3N4c3ccc(C)c(C)c3)c3c2oc2ccc(C)cc32)cc1C([2H])([2H])[2H]. The second-order valence-electron chi connectivity index (χ2n) is 16.9. The molecule has 0 atom stereocenters. The Labute approximate surface area is 351 Å². The number of rotatable bonds is 5. The quantitative estimate of drug-likeness (QED) is 0.163. The van der Waals surface area contributed by atoms with E-state index in [0.717, 1.165) is 67.1 Å². The zero-order valence-corrected chi connectivity index (χ0v) is 33.7. The molecule has 0 radical (unpaired) electrons. The van der Waals surface area contributed by atoms with Crippen molar-refractivity contribution in [1.29, 1.82) is 0 Å². The topological polar surface area (TPSA) is 22.9 Å². The molecule has 0 aliphatic carbocycles. The number of fused-ring (bicyclic) bond motifs is 6. The van der Waals surface area contributed by atoms with E-state index >= 15 is 0 Å². The standard InChI is InChI=1S/C53H48BN3O/c1-33-19-26-49-44(27-33)50-52(58-49)57(42-24-21-35(3)37(5)29-42)48-32-43(55(39-15-11-9-12-16-39)40-17-13-10-14-18-40)31-47-51(48)54(50)45-30-38(53(6,7)8)22-25-46(45)56(47)41-23-20-34(2)36(4)28-41/h9-32H,1-8H3/i3D3,5D3. The predicted molar refractivity (Wildman–Crippen MR) is 247 cm³/mol. The summed E-state index contributed by atoms with van der Waals surface area (Å²) in [4.78, 5) is 6.64. The summed E-state index contributed by atoms with van der Waals surface area (Å²) in [6.45, 7) is 7.40. The van der Waals surface area contributed by atoms with E-state index in [9.17, 15) is 0 Å². The lowest BCUT2D eigenvalue weighted by Crippen LogP contribution is -2.61. The van der Waals surface area contributed by atoms with Crippen molar-refractivity contribution in [3.05, 3.63) is 179 Å². The summed E-state index contributed by atoms with van der Waals surface area (Å²) in [5.41, 5.74) is 14.9. The summed E-state index contributed by atoms with van der Waals surface area (Å²) in [5.74, 6) is 0.553. The Morgan fingerprint density at radius 1 is 0.552 bits per heavy atom. The highest BCUT2D eigenvalue weighted by atomic mass is 16.4. The van der Waals surface area contributed by atoms with Crippen LogP contribution in [0.25, 0.3) is 11.0 Å². The number of hydrogen-bond acceptors (Lipinski definition) is 4. The Balaban J connectivity index is 1.39. The summed E-state index contributed by atoms with van der Waals surface area (Å²) in [6.07, 6.45) is 0. The van der Waals surface area contributed by atoms with E-state index in [1.807, 2.05) is 53.4 Å². The molecule has 7 aromatic carbocycles. The monoisotopic (exact) mass is 759 g/mol. The second kappa shape index (κ2) is 13.3. The number of furan rings is 1. The Morgan fingerprint density at radius 3 is 1.84 bits per heavy atom. The molecule has 0 saturated heterocycles. The van der Waals surface area contributed by atoms with Crippen LogP contribution in [0.3, 0.4) is 0 Å². The third-order valence-corrected chi connectivity index (χ3v) is 12.0. The van der Waals surface area contributed by atoms with Crippen molar-refractivity contribution < 1.29 is 12.6 Å². The third-order valence-electron chi connectivity index (χ3n) is 12.0. The molecule has 58 heavy (non-hydrogen) atoms. The van der Waals surface area contributed by atoms with E-state index in [-0.39, 0.29) is 23.3 Å². The molecule has 2 aliphatic rings. The average Bonchev–Trinajstić information content (AvgIpc) is 3.62. The predicted octanol–water partition coefficient (Wildman–Crippen LogP) is 12.8. The fourth-order valence-corrected chi connectivity index (χ4v) is 8.89. The molecule has 0 unspecified atom stereocenters. The lowest BCUT2D eigenvalue weighted by Gasteiger charge is -2.44. The van der Waals surface area contributed by atoms with Gasteiger partial charge in [-0.05, 0) is 157 Å². The minimum Gasteiger partial charge on any atom is -0.440 e. The van der Waals surface area contributed by atoms with Crippen molar-refractivity contribution in [2.45, 2.75) is 60.7 Å². The molecule has 284 valence electrons. The van der Waals surface area contributed by atoms with Crippen molar-refractivity contribution in [3.63, 3.8) is 0 Å². The number of nitrogens with zero attached hydrogens (tertiary/aromatic N) is 3. The van der Waals surface area contributed by atoms with Gasteiger partial charge in [0, 0.05) is 58.9 Å². The molecule has 10 rings (SSSR count). The molecule has 0 saturated carbocycles. The number of anilines is 9. The maximum absolute atomic E-state index is 8.63. The highest BCUT2D eigenvalue weighted by Crippen LogP contribution is 2.49. The van der Waals surface area contributed by atoms with Gasteiger partial charge in [-0.25, -0.2) is 0 Å². The zero-order valence-electron chi connectivity index (χ0n) is 39.7. The van der Waals surface area contributed by atoms with E-state index in [2.05, 4.69) is 130 Å². The molecule has 0 bridgehead atoms. The first-order chi connectivity index (χ1) is 30.4. The molecule has 3 heterocycles. The number of aryl methyl sites for hydroxylation is 5. The molecular weight excluding hydrogens is 705 g/mol. The molecule has 0 spiro atoms. The molecule has 8 aromatic rings. The van der Waals surface area contributed by atoms with Gasteiger partial charge in [-0.15, -0.1) is 0 Å². The second-order valence-corrected chi connectivity index (χ2v) is 16.9. The summed E-state index contributed by atoms with van der Waals surface area (Å²) in [5, 5.41) is 0.961. The van der Waals surface area contributed by atoms with Gasteiger partial charge in [-0.2, -0.15) is 0 Å². The fourth-order valence-electron chi connectivity index (χ4n) is 8.89. The van der Waals surface area contributed by atoms with E-state index in [1.54, 1.807) is 6.07 Å². The van der Waals surface area contributed by atoms with E-state index < -0.39 is 13.7 Å². The van der Waals surface area contributed by atoms with Crippen LogP contribution in [0, 0.1) is 34.5 Å². The first-order valence-electron chi connectivity index (χ1n) is 23.0. The zero-order chi connectivity index (χ0) is 45.0. The van der Waals surface area contributed by atoms with Gasteiger partial charge in [0.1, 0.15) is 5.58 Å². The van der Waals surface area contributed by atoms with Crippen LogP contribution in [0.4, 0.5) is 51.4 Å². The van der Waals surface area contributed by atoms with Crippen LogP contribution in [0.2, 0.25) is 0 Å². The minimum atomic E-state index is -2.72. The van der Waals surface area contributed by atoms with Gasteiger partial charge in [0.2, 0.25) is 5.88 Å².